The fraction of sp³-hybridized carbons (Fsp3) is 0.136. The standard InChI is InChI=1S/C22H20N4O2/c27-21(13-10-16-14-23-26(15-16)18-6-2-1-3-7-18)25-20-9-5-4-8-19(20)22(28)24-17-11-12-17/h1-10,13-15,17H,11-12H2,(H,24,28)(H,25,27)/b13-10+. The molecule has 2 amide bonds. The quantitative estimate of drug-likeness (QED) is 0.651. The highest BCUT2D eigenvalue weighted by Gasteiger charge is 2.24. The van der Waals surface area contributed by atoms with Gasteiger partial charge in [0.2, 0.25) is 5.91 Å². The van der Waals surface area contributed by atoms with Crippen molar-refractivity contribution in [1.29, 1.82) is 0 Å². The first-order chi connectivity index (χ1) is 13.7. The van der Waals surface area contributed by atoms with Gasteiger partial charge in [0.15, 0.2) is 0 Å². The molecule has 2 N–H and O–H groups in total. The summed E-state index contributed by atoms with van der Waals surface area (Å²) in [4.78, 5) is 24.6. The lowest BCUT2D eigenvalue weighted by atomic mass is 10.1. The molecule has 1 aliphatic carbocycles. The number of rotatable bonds is 6. The number of benzene rings is 2. The smallest absolute Gasteiger partial charge is 0.253 e. The lowest BCUT2D eigenvalue weighted by Crippen LogP contribution is -2.26. The number of anilines is 1. The topological polar surface area (TPSA) is 76.0 Å². The molecule has 6 nitrogen and oxygen atoms in total. The summed E-state index contributed by atoms with van der Waals surface area (Å²) in [7, 11) is 0. The molecule has 1 aromatic heterocycles. The normalized spacial score (nSPS) is 13.4. The van der Waals surface area contributed by atoms with Crippen molar-refractivity contribution in [2.24, 2.45) is 0 Å². The summed E-state index contributed by atoms with van der Waals surface area (Å²) < 4.78 is 1.75. The van der Waals surface area contributed by atoms with Gasteiger partial charge in [-0.3, -0.25) is 9.59 Å². The average Bonchev–Trinajstić information content (AvgIpc) is 3.40. The van der Waals surface area contributed by atoms with E-state index in [4.69, 9.17) is 0 Å². The minimum atomic E-state index is -0.306. The first-order valence-corrected chi connectivity index (χ1v) is 9.18. The van der Waals surface area contributed by atoms with Crippen molar-refractivity contribution in [3.63, 3.8) is 0 Å². The second kappa shape index (κ2) is 7.92. The number of hydrogen-bond donors (Lipinski definition) is 2. The van der Waals surface area contributed by atoms with Crippen LogP contribution < -0.4 is 10.6 Å². The van der Waals surface area contributed by atoms with E-state index in [1.165, 1.54) is 6.08 Å². The van der Waals surface area contributed by atoms with Crippen molar-refractivity contribution < 1.29 is 9.59 Å². The summed E-state index contributed by atoms with van der Waals surface area (Å²) in [6.07, 6.45) is 8.68. The second-order valence-corrected chi connectivity index (χ2v) is 6.67. The molecule has 0 radical (unpaired) electrons. The zero-order chi connectivity index (χ0) is 19.3. The van der Waals surface area contributed by atoms with Crippen LogP contribution in [0.15, 0.2) is 73.1 Å². The predicted octanol–water partition coefficient (Wildman–Crippen LogP) is 3.42. The Morgan fingerprint density at radius 3 is 2.57 bits per heavy atom. The molecule has 0 bridgehead atoms. The number of amides is 2. The van der Waals surface area contributed by atoms with Crippen LogP contribution >= 0.6 is 0 Å². The molecule has 0 aliphatic heterocycles. The van der Waals surface area contributed by atoms with Gasteiger partial charge in [-0.1, -0.05) is 30.3 Å². The predicted molar refractivity (Wildman–Crippen MR) is 108 cm³/mol. The Morgan fingerprint density at radius 2 is 1.79 bits per heavy atom. The third-order valence-corrected chi connectivity index (χ3v) is 4.39. The maximum absolute atomic E-state index is 12.3. The Kier molecular flexibility index (Phi) is 5.01. The molecule has 0 atom stereocenters. The molecule has 2 aromatic carbocycles. The molecule has 4 rings (SSSR count). The van der Waals surface area contributed by atoms with Crippen molar-refractivity contribution in [3.8, 4) is 5.69 Å². The zero-order valence-electron chi connectivity index (χ0n) is 15.2. The van der Waals surface area contributed by atoms with E-state index in [1.807, 2.05) is 36.5 Å². The maximum atomic E-state index is 12.3. The summed E-state index contributed by atoms with van der Waals surface area (Å²) >= 11 is 0. The van der Waals surface area contributed by atoms with Gasteiger partial charge in [-0.25, -0.2) is 4.68 Å². The van der Waals surface area contributed by atoms with Gasteiger partial charge in [0.25, 0.3) is 5.91 Å². The molecule has 1 fully saturated rings. The van der Waals surface area contributed by atoms with Gasteiger partial charge in [-0.05, 0) is 43.2 Å². The van der Waals surface area contributed by atoms with E-state index in [1.54, 1.807) is 41.2 Å². The fourth-order valence-corrected chi connectivity index (χ4v) is 2.77. The van der Waals surface area contributed by atoms with Gasteiger partial charge in [0, 0.05) is 23.9 Å². The first-order valence-electron chi connectivity index (χ1n) is 9.18. The van der Waals surface area contributed by atoms with Crippen LogP contribution in [0.5, 0.6) is 0 Å². The highest BCUT2D eigenvalue weighted by atomic mass is 16.2. The van der Waals surface area contributed by atoms with Crippen molar-refractivity contribution in [2.45, 2.75) is 18.9 Å². The number of hydrogen-bond acceptors (Lipinski definition) is 3. The third-order valence-electron chi connectivity index (χ3n) is 4.39. The fourth-order valence-electron chi connectivity index (χ4n) is 2.77. The zero-order valence-corrected chi connectivity index (χ0v) is 15.2. The van der Waals surface area contributed by atoms with E-state index >= 15 is 0 Å². The Bertz CT molecular complexity index is 1020. The summed E-state index contributed by atoms with van der Waals surface area (Å²) in [5, 5.41) is 10.0. The van der Waals surface area contributed by atoms with Crippen molar-refractivity contribution >= 4 is 23.6 Å². The Balaban J connectivity index is 1.42. The molecule has 0 saturated heterocycles. The van der Waals surface area contributed by atoms with Crippen molar-refractivity contribution in [3.05, 3.63) is 84.2 Å². The molecule has 1 aliphatic rings. The van der Waals surface area contributed by atoms with Crippen LogP contribution in [0.2, 0.25) is 0 Å². The highest BCUT2D eigenvalue weighted by molar-refractivity contribution is 6.07. The van der Waals surface area contributed by atoms with Gasteiger partial charge in [0.1, 0.15) is 0 Å². The van der Waals surface area contributed by atoms with E-state index in [-0.39, 0.29) is 17.9 Å². The molecular weight excluding hydrogens is 352 g/mol. The number of aromatic nitrogens is 2. The van der Waals surface area contributed by atoms with Crippen LogP contribution in [0.1, 0.15) is 28.8 Å². The van der Waals surface area contributed by atoms with Gasteiger partial charge < -0.3 is 10.6 Å². The van der Waals surface area contributed by atoms with Crippen LogP contribution in [0.3, 0.4) is 0 Å². The first kappa shape index (κ1) is 17.7. The lowest BCUT2D eigenvalue weighted by molar-refractivity contribution is -0.111. The lowest BCUT2D eigenvalue weighted by Gasteiger charge is -2.09. The maximum Gasteiger partial charge on any atom is 0.253 e. The SMILES string of the molecule is O=C(/C=C/c1cnn(-c2ccccc2)c1)Nc1ccccc1C(=O)NC1CC1. The van der Waals surface area contributed by atoms with Gasteiger partial charge in [-0.15, -0.1) is 0 Å². The molecular formula is C22H20N4O2. The van der Waals surface area contributed by atoms with Gasteiger partial charge in [0.05, 0.1) is 23.1 Å². The average molecular weight is 372 g/mol. The monoisotopic (exact) mass is 372 g/mol. The highest BCUT2D eigenvalue weighted by Crippen LogP contribution is 2.21. The number of nitrogens with one attached hydrogen (secondary N) is 2. The van der Waals surface area contributed by atoms with Crippen LogP contribution in [0, 0.1) is 0 Å². The molecule has 6 heteroatoms. The second-order valence-electron chi connectivity index (χ2n) is 6.67. The van der Waals surface area contributed by atoms with E-state index in [2.05, 4.69) is 15.7 Å². The van der Waals surface area contributed by atoms with E-state index in [0.717, 1.165) is 24.1 Å². The van der Waals surface area contributed by atoms with Crippen molar-refractivity contribution in [1.82, 2.24) is 15.1 Å². The summed E-state index contributed by atoms with van der Waals surface area (Å²) in [6, 6.07) is 17.0. The summed E-state index contributed by atoms with van der Waals surface area (Å²) in [5.41, 5.74) is 2.71. The Labute approximate surface area is 162 Å². The largest absolute Gasteiger partial charge is 0.349 e. The molecule has 3 aromatic rings. The number of carbonyl (C=O) groups excluding carboxylic acids is 2. The Morgan fingerprint density at radius 1 is 1.04 bits per heavy atom. The number of carbonyl (C=O) groups is 2. The molecule has 0 unspecified atom stereocenters. The van der Waals surface area contributed by atoms with E-state index in [0.29, 0.717) is 11.3 Å². The number of para-hydroxylation sites is 2. The van der Waals surface area contributed by atoms with Crippen molar-refractivity contribution in [2.75, 3.05) is 5.32 Å². The van der Waals surface area contributed by atoms with E-state index < -0.39 is 0 Å². The Hall–Kier alpha value is -3.67. The van der Waals surface area contributed by atoms with Crippen LogP contribution in [0.25, 0.3) is 11.8 Å². The molecule has 28 heavy (non-hydrogen) atoms. The van der Waals surface area contributed by atoms with Crippen LogP contribution in [0.4, 0.5) is 5.69 Å². The summed E-state index contributed by atoms with van der Waals surface area (Å²) in [6.45, 7) is 0. The minimum absolute atomic E-state index is 0.161. The molecule has 1 heterocycles. The summed E-state index contributed by atoms with van der Waals surface area (Å²) in [5.74, 6) is -0.467. The van der Waals surface area contributed by atoms with Crippen LogP contribution in [-0.4, -0.2) is 27.6 Å². The van der Waals surface area contributed by atoms with Crippen LogP contribution in [-0.2, 0) is 4.79 Å². The molecule has 140 valence electrons. The molecule has 0 spiro atoms. The molecule has 1 saturated carbocycles. The number of nitrogens with zero attached hydrogens (tertiary/aromatic N) is 2. The van der Waals surface area contributed by atoms with E-state index in [9.17, 15) is 9.59 Å². The third kappa shape index (κ3) is 4.35. The van der Waals surface area contributed by atoms with Gasteiger partial charge >= 0.3 is 0 Å². The van der Waals surface area contributed by atoms with Gasteiger partial charge in [-0.2, -0.15) is 5.10 Å². The minimum Gasteiger partial charge on any atom is -0.349 e.